The highest BCUT2D eigenvalue weighted by Gasteiger charge is 2.19. The smallest absolute Gasteiger partial charge is 0.128 e. The Morgan fingerprint density at radius 3 is 2.70 bits per heavy atom. The van der Waals surface area contributed by atoms with Gasteiger partial charge in [-0.1, -0.05) is 48.0 Å². The number of ether oxygens (including phenoxy) is 1. The van der Waals surface area contributed by atoms with Crippen LogP contribution in [0.1, 0.15) is 50.2 Å². The normalized spacial score (nSPS) is 12.5. The summed E-state index contributed by atoms with van der Waals surface area (Å²) in [6, 6.07) is 12.8. The number of aromatic amines is 1. The van der Waals surface area contributed by atoms with Crippen LogP contribution in [0.25, 0.3) is 22.2 Å². The van der Waals surface area contributed by atoms with E-state index in [2.05, 4.69) is 59.0 Å². The third kappa shape index (κ3) is 4.07. The zero-order chi connectivity index (χ0) is 19.4. The Balaban J connectivity index is 2.24. The van der Waals surface area contributed by atoms with Crippen molar-refractivity contribution in [2.24, 2.45) is 5.73 Å². The van der Waals surface area contributed by atoms with Gasteiger partial charge in [-0.3, -0.25) is 0 Å². The zero-order valence-corrected chi connectivity index (χ0v) is 18.0. The largest absolute Gasteiger partial charge is 0.496 e. The van der Waals surface area contributed by atoms with Gasteiger partial charge in [0.25, 0.3) is 0 Å². The minimum Gasteiger partial charge on any atom is -0.496 e. The lowest BCUT2D eigenvalue weighted by atomic mass is 9.94. The van der Waals surface area contributed by atoms with Crippen LogP contribution in [-0.2, 0) is 6.42 Å². The zero-order valence-electron chi connectivity index (χ0n) is 16.4. The molecule has 4 heteroatoms. The molecule has 0 bridgehead atoms. The number of unbranched alkanes of at least 4 members (excludes halogenated alkanes) is 1. The molecule has 0 spiro atoms. The Morgan fingerprint density at radius 2 is 2.00 bits per heavy atom. The first-order chi connectivity index (χ1) is 13.1. The Bertz CT molecular complexity index is 916. The number of methoxy groups -OCH3 is 1. The summed E-state index contributed by atoms with van der Waals surface area (Å²) in [6.07, 6.45) is 4.25. The van der Waals surface area contributed by atoms with Gasteiger partial charge in [0.2, 0.25) is 0 Å². The number of nitrogens with one attached hydrogen (secondary N) is 1. The lowest BCUT2D eigenvalue weighted by molar-refractivity contribution is 0.416. The standard InChI is InChI=1S/C23H29BrN2O/c1-4-15(2)17-9-7-10-19-18(8-5-6-13-25)23(26-22(17)19)20-14-16(24)11-12-21(20)27-3/h7,9-12,14-15,26H,4-6,8,13,25H2,1-3H3. The summed E-state index contributed by atoms with van der Waals surface area (Å²) in [6.45, 7) is 5.27. The minimum absolute atomic E-state index is 0.515. The molecule has 1 atom stereocenters. The highest BCUT2D eigenvalue weighted by Crippen LogP contribution is 2.40. The quantitative estimate of drug-likeness (QED) is 0.407. The Morgan fingerprint density at radius 1 is 1.19 bits per heavy atom. The number of rotatable bonds is 8. The van der Waals surface area contributed by atoms with Crippen LogP contribution in [0.15, 0.2) is 40.9 Å². The van der Waals surface area contributed by atoms with Gasteiger partial charge in [-0.15, -0.1) is 0 Å². The molecule has 0 saturated carbocycles. The second kappa shape index (κ2) is 8.94. The van der Waals surface area contributed by atoms with Crippen molar-refractivity contribution >= 4 is 26.8 Å². The third-order valence-electron chi connectivity index (χ3n) is 5.43. The molecule has 0 aliphatic carbocycles. The number of benzene rings is 2. The number of fused-ring (bicyclic) bond motifs is 1. The van der Waals surface area contributed by atoms with Crippen molar-refractivity contribution in [2.45, 2.75) is 45.4 Å². The number of hydrogen-bond acceptors (Lipinski definition) is 2. The van der Waals surface area contributed by atoms with Crippen molar-refractivity contribution in [2.75, 3.05) is 13.7 Å². The van der Waals surface area contributed by atoms with Gasteiger partial charge in [-0.2, -0.15) is 0 Å². The predicted molar refractivity (Wildman–Crippen MR) is 119 cm³/mol. The molecule has 1 heterocycles. The van der Waals surface area contributed by atoms with Crippen LogP contribution in [0.4, 0.5) is 0 Å². The van der Waals surface area contributed by atoms with Crippen LogP contribution in [0, 0.1) is 0 Å². The third-order valence-corrected chi connectivity index (χ3v) is 5.92. The molecule has 27 heavy (non-hydrogen) atoms. The average molecular weight is 429 g/mol. The van der Waals surface area contributed by atoms with Gasteiger partial charge in [0.1, 0.15) is 5.75 Å². The molecule has 0 aliphatic heterocycles. The lowest BCUT2D eigenvalue weighted by Crippen LogP contribution is -1.99. The summed E-state index contributed by atoms with van der Waals surface area (Å²) in [5.74, 6) is 1.40. The van der Waals surface area contributed by atoms with E-state index in [4.69, 9.17) is 10.5 Å². The predicted octanol–water partition coefficient (Wildman–Crippen LogP) is 6.40. The van der Waals surface area contributed by atoms with E-state index in [9.17, 15) is 0 Å². The molecule has 1 aromatic heterocycles. The number of nitrogens with two attached hydrogens (primary N) is 1. The van der Waals surface area contributed by atoms with E-state index in [1.165, 1.54) is 22.0 Å². The summed E-state index contributed by atoms with van der Waals surface area (Å²) in [5.41, 5.74) is 12.0. The Labute approximate surface area is 170 Å². The van der Waals surface area contributed by atoms with E-state index in [-0.39, 0.29) is 0 Å². The molecule has 3 rings (SSSR count). The number of aromatic nitrogens is 1. The minimum atomic E-state index is 0.515. The first-order valence-electron chi connectivity index (χ1n) is 9.78. The maximum atomic E-state index is 5.74. The average Bonchev–Trinajstić information content (AvgIpc) is 3.06. The summed E-state index contributed by atoms with van der Waals surface area (Å²) < 4.78 is 6.72. The fourth-order valence-corrected chi connectivity index (χ4v) is 4.10. The van der Waals surface area contributed by atoms with E-state index < -0.39 is 0 Å². The molecule has 0 fully saturated rings. The van der Waals surface area contributed by atoms with Gasteiger partial charge in [0.15, 0.2) is 0 Å². The van der Waals surface area contributed by atoms with E-state index in [1.54, 1.807) is 7.11 Å². The summed E-state index contributed by atoms with van der Waals surface area (Å²) in [5, 5.41) is 1.32. The number of hydrogen-bond donors (Lipinski definition) is 2. The molecule has 3 nitrogen and oxygen atoms in total. The summed E-state index contributed by atoms with van der Waals surface area (Å²) >= 11 is 3.62. The summed E-state index contributed by atoms with van der Waals surface area (Å²) in [7, 11) is 1.73. The van der Waals surface area contributed by atoms with Gasteiger partial charge in [0.05, 0.1) is 12.8 Å². The molecule has 0 amide bonds. The molecule has 144 valence electrons. The number of H-pyrrole nitrogens is 1. The highest BCUT2D eigenvalue weighted by molar-refractivity contribution is 9.10. The molecule has 0 aliphatic rings. The molecule has 0 saturated heterocycles. The highest BCUT2D eigenvalue weighted by atomic mass is 79.9. The maximum Gasteiger partial charge on any atom is 0.128 e. The van der Waals surface area contributed by atoms with Crippen LogP contribution < -0.4 is 10.5 Å². The topological polar surface area (TPSA) is 51.0 Å². The second-order valence-corrected chi connectivity index (χ2v) is 8.06. The van der Waals surface area contributed by atoms with Crippen molar-refractivity contribution < 1.29 is 4.74 Å². The lowest BCUT2D eigenvalue weighted by Gasteiger charge is -2.10. The first-order valence-corrected chi connectivity index (χ1v) is 10.6. The summed E-state index contributed by atoms with van der Waals surface area (Å²) in [4.78, 5) is 3.76. The van der Waals surface area contributed by atoms with Crippen LogP contribution in [0.2, 0.25) is 0 Å². The van der Waals surface area contributed by atoms with Crippen LogP contribution in [0.3, 0.4) is 0 Å². The van der Waals surface area contributed by atoms with Gasteiger partial charge < -0.3 is 15.5 Å². The molecule has 0 radical (unpaired) electrons. The van der Waals surface area contributed by atoms with Crippen molar-refractivity contribution in [3.8, 4) is 17.0 Å². The molecule has 1 unspecified atom stereocenters. The SMILES string of the molecule is CCC(C)c1cccc2c(CCCCN)c(-c3cc(Br)ccc3OC)[nH]c12. The monoisotopic (exact) mass is 428 g/mol. The fourth-order valence-electron chi connectivity index (χ4n) is 3.74. The number of para-hydroxylation sites is 1. The fraction of sp³-hybridized carbons (Fsp3) is 0.391. The van der Waals surface area contributed by atoms with Gasteiger partial charge in [-0.25, -0.2) is 0 Å². The van der Waals surface area contributed by atoms with E-state index in [1.807, 2.05) is 12.1 Å². The maximum absolute atomic E-state index is 5.74. The van der Waals surface area contributed by atoms with E-state index in [0.29, 0.717) is 5.92 Å². The molecular formula is C23H29BrN2O. The van der Waals surface area contributed by atoms with Crippen LogP contribution >= 0.6 is 15.9 Å². The van der Waals surface area contributed by atoms with Crippen molar-refractivity contribution in [3.05, 3.63) is 52.0 Å². The molecular weight excluding hydrogens is 400 g/mol. The second-order valence-electron chi connectivity index (χ2n) is 7.15. The van der Waals surface area contributed by atoms with Gasteiger partial charge in [0, 0.05) is 20.9 Å². The van der Waals surface area contributed by atoms with E-state index >= 15 is 0 Å². The van der Waals surface area contributed by atoms with Gasteiger partial charge in [-0.05, 0) is 67.5 Å². The molecule has 3 N–H and O–H groups in total. The van der Waals surface area contributed by atoms with Crippen molar-refractivity contribution in [1.82, 2.24) is 4.98 Å². The van der Waals surface area contributed by atoms with Crippen LogP contribution in [0.5, 0.6) is 5.75 Å². The molecule has 3 aromatic rings. The van der Waals surface area contributed by atoms with Crippen LogP contribution in [-0.4, -0.2) is 18.6 Å². The van der Waals surface area contributed by atoms with Crippen molar-refractivity contribution in [3.63, 3.8) is 0 Å². The number of aryl methyl sites for hydroxylation is 1. The van der Waals surface area contributed by atoms with E-state index in [0.717, 1.165) is 53.7 Å². The number of halogens is 1. The Hall–Kier alpha value is -1.78. The Kier molecular flexibility index (Phi) is 6.61. The first kappa shape index (κ1) is 20.0. The van der Waals surface area contributed by atoms with Crippen molar-refractivity contribution in [1.29, 1.82) is 0 Å². The van der Waals surface area contributed by atoms with Gasteiger partial charge >= 0.3 is 0 Å². The molecule has 2 aromatic carbocycles.